The number of aromatic nitrogens is 2. The van der Waals surface area contributed by atoms with Crippen LogP contribution in [0.2, 0.25) is 0 Å². The van der Waals surface area contributed by atoms with E-state index in [1.165, 1.54) is 0 Å². The Morgan fingerprint density at radius 1 is 1.48 bits per heavy atom. The van der Waals surface area contributed by atoms with Gasteiger partial charge in [-0.05, 0) is 61.6 Å². The number of likely N-dealkylation sites (N-methyl/N-ethyl adjacent to an activating group) is 1. The predicted molar refractivity (Wildman–Crippen MR) is 86.0 cm³/mol. The van der Waals surface area contributed by atoms with Gasteiger partial charge in [-0.15, -0.1) is 0 Å². The lowest BCUT2D eigenvalue weighted by Crippen LogP contribution is -2.41. The molecule has 21 heavy (non-hydrogen) atoms. The second kappa shape index (κ2) is 6.77. The molecule has 1 atom stereocenters. The van der Waals surface area contributed by atoms with E-state index in [1.807, 2.05) is 14.1 Å². The number of aliphatic hydroxyl groups is 2. The van der Waals surface area contributed by atoms with E-state index in [2.05, 4.69) is 32.9 Å². The first-order valence-electron chi connectivity index (χ1n) is 7.60. The highest BCUT2D eigenvalue weighted by molar-refractivity contribution is 9.10. The van der Waals surface area contributed by atoms with Crippen LogP contribution in [0.5, 0.6) is 0 Å². The summed E-state index contributed by atoms with van der Waals surface area (Å²) in [7, 11) is 4.01. The predicted octanol–water partition coefficient (Wildman–Crippen LogP) is 2.18. The van der Waals surface area contributed by atoms with E-state index in [4.69, 9.17) is 0 Å². The first-order chi connectivity index (χ1) is 9.83. The first kappa shape index (κ1) is 16.9. The summed E-state index contributed by atoms with van der Waals surface area (Å²) in [6.45, 7) is 3.73. The average molecular weight is 360 g/mol. The maximum absolute atomic E-state index is 10.8. The second-order valence-corrected chi connectivity index (χ2v) is 7.45. The van der Waals surface area contributed by atoms with E-state index in [-0.39, 0.29) is 0 Å². The molecule has 1 fully saturated rings. The summed E-state index contributed by atoms with van der Waals surface area (Å²) in [5.41, 5.74) is -0.348. The van der Waals surface area contributed by atoms with Crippen LogP contribution in [0.15, 0.2) is 10.7 Å². The van der Waals surface area contributed by atoms with E-state index < -0.39 is 11.7 Å². The van der Waals surface area contributed by atoms with Gasteiger partial charge in [0.05, 0.1) is 28.5 Å². The topological polar surface area (TPSA) is 61.5 Å². The lowest BCUT2D eigenvalue weighted by atomic mass is 9.76. The molecule has 1 heterocycles. The largest absolute Gasteiger partial charge is 0.387 e. The molecular weight excluding hydrogens is 334 g/mol. The third kappa shape index (κ3) is 3.86. The van der Waals surface area contributed by atoms with Crippen molar-refractivity contribution in [1.82, 2.24) is 14.7 Å². The molecule has 0 saturated heterocycles. The molecule has 1 aromatic rings. The molecule has 0 amide bonds. The molecule has 1 saturated carbocycles. The van der Waals surface area contributed by atoms with Crippen LogP contribution in [-0.2, 0) is 6.54 Å². The van der Waals surface area contributed by atoms with Crippen LogP contribution in [0.1, 0.15) is 44.4 Å². The summed E-state index contributed by atoms with van der Waals surface area (Å²) >= 11 is 3.46. The molecule has 0 radical (unpaired) electrons. The number of rotatable bonds is 5. The Morgan fingerprint density at radius 2 is 2.10 bits per heavy atom. The Hall–Kier alpha value is -0.430. The molecule has 2 rings (SSSR count). The van der Waals surface area contributed by atoms with Crippen molar-refractivity contribution in [2.75, 3.05) is 20.6 Å². The monoisotopic (exact) mass is 359 g/mol. The molecular formula is C15H26BrN3O2. The summed E-state index contributed by atoms with van der Waals surface area (Å²) < 4.78 is 2.56. The fourth-order valence-corrected chi connectivity index (χ4v) is 3.42. The highest BCUT2D eigenvalue weighted by Gasteiger charge is 2.41. The van der Waals surface area contributed by atoms with Crippen molar-refractivity contribution in [2.45, 2.75) is 50.9 Å². The molecule has 6 heteroatoms. The summed E-state index contributed by atoms with van der Waals surface area (Å²) in [6.07, 6.45) is 3.99. The number of hydrogen-bond donors (Lipinski definition) is 2. The zero-order valence-corrected chi connectivity index (χ0v) is 14.7. The van der Waals surface area contributed by atoms with E-state index in [0.717, 1.165) is 23.9 Å². The van der Waals surface area contributed by atoms with Gasteiger partial charge in [0, 0.05) is 6.54 Å². The zero-order chi connectivity index (χ0) is 15.6. The number of aliphatic hydroxyl groups excluding tert-OH is 1. The van der Waals surface area contributed by atoms with Crippen molar-refractivity contribution in [1.29, 1.82) is 0 Å². The Bertz CT molecular complexity index is 467. The molecule has 120 valence electrons. The Kier molecular flexibility index (Phi) is 5.46. The van der Waals surface area contributed by atoms with Crippen molar-refractivity contribution in [3.05, 3.63) is 16.4 Å². The maximum atomic E-state index is 10.8. The standard InChI is InChI=1S/C15H26BrN3O2/c1-11-4-6-15(21,7-5-11)14(20)13-12(16)10-17-19(13)9-8-18(2)3/h10-11,14,20-21H,4-9H2,1-3H3. The van der Waals surface area contributed by atoms with Crippen molar-refractivity contribution >= 4 is 15.9 Å². The average Bonchev–Trinajstić information content (AvgIpc) is 2.80. The minimum atomic E-state index is -1.04. The van der Waals surface area contributed by atoms with E-state index in [0.29, 0.717) is 31.0 Å². The Morgan fingerprint density at radius 3 is 2.67 bits per heavy atom. The number of nitrogens with zero attached hydrogens (tertiary/aromatic N) is 3. The van der Waals surface area contributed by atoms with Gasteiger partial charge in [-0.2, -0.15) is 5.10 Å². The lowest BCUT2D eigenvalue weighted by molar-refractivity contribution is -0.108. The third-order valence-corrected chi connectivity index (χ3v) is 5.11. The summed E-state index contributed by atoms with van der Waals surface area (Å²) in [5, 5.41) is 25.9. The van der Waals surface area contributed by atoms with E-state index in [1.54, 1.807) is 10.9 Å². The molecule has 1 aliphatic carbocycles. The van der Waals surface area contributed by atoms with E-state index >= 15 is 0 Å². The van der Waals surface area contributed by atoms with Crippen molar-refractivity contribution in [3.63, 3.8) is 0 Å². The van der Waals surface area contributed by atoms with Crippen molar-refractivity contribution < 1.29 is 10.2 Å². The van der Waals surface area contributed by atoms with Gasteiger partial charge >= 0.3 is 0 Å². The van der Waals surface area contributed by atoms with Crippen molar-refractivity contribution in [3.8, 4) is 0 Å². The van der Waals surface area contributed by atoms with E-state index in [9.17, 15) is 10.2 Å². The third-order valence-electron chi connectivity index (χ3n) is 4.50. The van der Waals surface area contributed by atoms with Gasteiger partial charge in [0.15, 0.2) is 0 Å². The minimum absolute atomic E-state index is 0.625. The van der Waals surface area contributed by atoms with Gasteiger partial charge in [0.25, 0.3) is 0 Å². The summed E-state index contributed by atoms with van der Waals surface area (Å²) in [4.78, 5) is 2.07. The second-order valence-electron chi connectivity index (χ2n) is 6.59. The molecule has 0 bridgehead atoms. The molecule has 0 spiro atoms. The highest BCUT2D eigenvalue weighted by atomic mass is 79.9. The SMILES string of the molecule is CC1CCC(O)(C(O)c2c(Br)cnn2CCN(C)C)CC1. The van der Waals surface area contributed by atoms with Crippen LogP contribution in [-0.4, -0.2) is 51.1 Å². The van der Waals surface area contributed by atoms with Crippen LogP contribution in [0.3, 0.4) is 0 Å². The van der Waals surface area contributed by atoms with Gasteiger partial charge in [-0.25, -0.2) is 0 Å². The fourth-order valence-electron chi connectivity index (χ4n) is 2.91. The Balaban J connectivity index is 2.18. The maximum Gasteiger partial charge on any atom is 0.125 e. The fraction of sp³-hybridized carbons (Fsp3) is 0.800. The van der Waals surface area contributed by atoms with Gasteiger partial charge in [-0.1, -0.05) is 6.92 Å². The summed E-state index contributed by atoms with van der Waals surface area (Å²) in [5.74, 6) is 0.625. The summed E-state index contributed by atoms with van der Waals surface area (Å²) in [6, 6.07) is 0. The molecule has 1 aromatic heterocycles. The zero-order valence-electron chi connectivity index (χ0n) is 13.1. The molecule has 0 aromatic carbocycles. The Labute approximate surface area is 135 Å². The van der Waals surface area contributed by atoms with Gasteiger partial charge in [0.2, 0.25) is 0 Å². The number of hydrogen-bond acceptors (Lipinski definition) is 4. The van der Waals surface area contributed by atoms with Crippen LogP contribution in [0, 0.1) is 5.92 Å². The lowest BCUT2D eigenvalue weighted by Gasteiger charge is -2.38. The normalized spacial score (nSPS) is 28.0. The number of halogens is 1. The molecule has 1 unspecified atom stereocenters. The molecule has 2 N–H and O–H groups in total. The molecule has 1 aliphatic rings. The van der Waals surface area contributed by atoms with Crippen molar-refractivity contribution in [2.24, 2.45) is 5.92 Å². The first-order valence-corrected chi connectivity index (χ1v) is 8.39. The molecule has 0 aliphatic heterocycles. The molecule has 5 nitrogen and oxygen atoms in total. The quantitative estimate of drug-likeness (QED) is 0.845. The van der Waals surface area contributed by atoms with Crippen LogP contribution >= 0.6 is 15.9 Å². The highest BCUT2D eigenvalue weighted by Crippen LogP contribution is 2.41. The smallest absolute Gasteiger partial charge is 0.125 e. The van der Waals surface area contributed by atoms with Gasteiger partial charge < -0.3 is 15.1 Å². The van der Waals surface area contributed by atoms with Gasteiger partial charge in [0.1, 0.15) is 6.10 Å². The minimum Gasteiger partial charge on any atom is -0.387 e. The van der Waals surface area contributed by atoms with Crippen LogP contribution in [0.25, 0.3) is 0 Å². The van der Waals surface area contributed by atoms with Gasteiger partial charge in [-0.3, -0.25) is 4.68 Å². The van der Waals surface area contributed by atoms with Crippen LogP contribution < -0.4 is 0 Å². The van der Waals surface area contributed by atoms with Crippen LogP contribution in [0.4, 0.5) is 0 Å².